The summed E-state index contributed by atoms with van der Waals surface area (Å²) in [4.78, 5) is 12.5. The Kier molecular flexibility index (Phi) is 5.02. The maximum absolute atomic E-state index is 12.5. The molecule has 0 aliphatic heterocycles. The molecule has 0 aliphatic rings. The van der Waals surface area contributed by atoms with Gasteiger partial charge in [0.2, 0.25) is 0 Å². The van der Waals surface area contributed by atoms with Crippen molar-refractivity contribution in [3.8, 4) is 11.4 Å². The van der Waals surface area contributed by atoms with Crippen molar-refractivity contribution in [2.75, 3.05) is 7.11 Å². The molecule has 0 aliphatic carbocycles. The van der Waals surface area contributed by atoms with Gasteiger partial charge in [-0.05, 0) is 61.7 Å². The fourth-order valence-corrected chi connectivity index (χ4v) is 2.61. The first-order valence-corrected chi connectivity index (χ1v) is 8.42. The molecule has 0 bridgehead atoms. The van der Waals surface area contributed by atoms with Crippen molar-refractivity contribution in [1.29, 1.82) is 0 Å². The Bertz CT molecular complexity index is 916. The van der Waals surface area contributed by atoms with Crippen molar-refractivity contribution in [3.05, 3.63) is 71.0 Å². The van der Waals surface area contributed by atoms with Gasteiger partial charge in [0, 0.05) is 0 Å². The molecule has 26 heavy (non-hydrogen) atoms. The van der Waals surface area contributed by atoms with E-state index in [2.05, 4.69) is 22.6 Å². The van der Waals surface area contributed by atoms with Gasteiger partial charge in [0.1, 0.15) is 5.75 Å². The maximum atomic E-state index is 12.5. The third-order valence-corrected chi connectivity index (χ3v) is 4.44. The average molecular weight is 350 g/mol. The third-order valence-electron chi connectivity index (χ3n) is 4.44. The van der Waals surface area contributed by atoms with E-state index in [0.29, 0.717) is 0 Å². The maximum Gasteiger partial charge on any atom is 0.273 e. The Morgan fingerprint density at radius 3 is 2.50 bits per heavy atom. The van der Waals surface area contributed by atoms with Gasteiger partial charge in [0.15, 0.2) is 5.69 Å². The number of amides is 1. The van der Waals surface area contributed by atoms with E-state index in [1.54, 1.807) is 18.0 Å². The van der Waals surface area contributed by atoms with Crippen molar-refractivity contribution >= 4 is 5.91 Å². The quantitative estimate of drug-likeness (QED) is 0.766. The second kappa shape index (κ2) is 7.39. The second-order valence-electron chi connectivity index (χ2n) is 6.29. The van der Waals surface area contributed by atoms with E-state index < -0.39 is 0 Å². The Morgan fingerprint density at radius 1 is 1.12 bits per heavy atom. The van der Waals surface area contributed by atoms with Crippen LogP contribution >= 0.6 is 0 Å². The Balaban J connectivity index is 1.71. The zero-order valence-electron chi connectivity index (χ0n) is 15.4. The fourth-order valence-electron chi connectivity index (χ4n) is 2.61. The minimum Gasteiger partial charge on any atom is -0.497 e. The normalized spacial score (nSPS) is 11.8. The number of nitrogens with zero attached hydrogens (tertiary/aromatic N) is 3. The standard InChI is InChI=1S/C20H22N4O2/c1-13-5-8-17(11-14(13)2)24-12-19(22-23-24)20(25)21-15(3)16-6-9-18(26-4)10-7-16/h5-12,15H,1-4H3,(H,21,25)/t15-/m1/s1. The lowest BCUT2D eigenvalue weighted by molar-refractivity contribution is 0.0935. The SMILES string of the molecule is COc1ccc([C@@H](C)NC(=O)c2cn(-c3ccc(C)c(C)c3)nn2)cc1. The van der Waals surface area contributed by atoms with Gasteiger partial charge in [0.05, 0.1) is 25.0 Å². The van der Waals surface area contributed by atoms with Crippen LogP contribution in [0.3, 0.4) is 0 Å². The van der Waals surface area contributed by atoms with Gasteiger partial charge in [-0.3, -0.25) is 4.79 Å². The predicted octanol–water partition coefficient (Wildman–Crippen LogP) is 3.38. The molecule has 0 saturated carbocycles. The van der Waals surface area contributed by atoms with Gasteiger partial charge in [-0.25, -0.2) is 4.68 Å². The summed E-state index contributed by atoms with van der Waals surface area (Å²) < 4.78 is 6.76. The number of rotatable bonds is 5. The Labute approximate surface area is 152 Å². The first kappa shape index (κ1) is 17.7. The van der Waals surface area contributed by atoms with Gasteiger partial charge in [-0.2, -0.15) is 0 Å². The Morgan fingerprint density at radius 2 is 1.85 bits per heavy atom. The van der Waals surface area contributed by atoms with E-state index in [1.165, 1.54) is 5.56 Å². The molecule has 1 heterocycles. The zero-order valence-corrected chi connectivity index (χ0v) is 15.4. The molecule has 3 rings (SSSR count). The van der Waals surface area contributed by atoms with Gasteiger partial charge >= 0.3 is 0 Å². The summed E-state index contributed by atoms with van der Waals surface area (Å²) in [6.45, 7) is 6.02. The summed E-state index contributed by atoms with van der Waals surface area (Å²) in [5, 5.41) is 11.0. The largest absolute Gasteiger partial charge is 0.497 e. The van der Waals surface area contributed by atoms with Crippen LogP contribution in [0.2, 0.25) is 0 Å². The molecule has 0 saturated heterocycles. The first-order valence-electron chi connectivity index (χ1n) is 8.42. The number of aromatic nitrogens is 3. The predicted molar refractivity (Wildman–Crippen MR) is 99.7 cm³/mol. The number of hydrogen-bond acceptors (Lipinski definition) is 4. The number of carbonyl (C=O) groups is 1. The van der Waals surface area contributed by atoms with Gasteiger partial charge in [-0.1, -0.05) is 23.4 Å². The van der Waals surface area contributed by atoms with Gasteiger partial charge < -0.3 is 10.1 Å². The fraction of sp³-hybridized carbons (Fsp3) is 0.250. The van der Waals surface area contributed by atoms with Gasteiger partial charge in [0.25, 0.3) is 5.91 Å². The number of aryl methyl sites for hydroxylation is 2. The smallest absolute Gasteiger partial charge is 0.273 e. The van der Waals surface area contributed by atoms with Crippen LogP contribution in [0.5, 0.6) is 5.75 Å². The van der Waals surface area contributed by atoms with Crippen LogP contribution in [0, 0.1) is 13.8 Å². The number of benzene rings is 2. The molecule has 1 aromatic heterocycles. The molecular weight excluding hydrogens is 328 g/mol. The lowest BCUT2D eigenvalue weighted by atomic mass is 10.1. The molecule has 6 heteroatoms. The number of carbonyl (C=O) groups excluding carboxylic acids is 1. The summed E-state index contributed by atoms with van der Waals surface area (Å²) >= 11 is 0. The number of ether oxygens (including phenoxy) is 1. The molecule has 0 radical (unpaired) electrons. The topological polar surface area (TPSA) is 69.0 Å². The number of methoxy groups -OCH3 is 1. The van der Waals surface area contributed by atoms with Gasteiger partial charge in [-0.15, -0.1) is 5.10 Å². The highest BCUT2D eigenvalue weighted by Gasteiger charge is 2.15. The average Bonchev–Trinajstić information content (AvgIpc) is 3.14. The minimum atomic E-state index is -0.261. The summed E-state index contributed by atoms with van der Waals surface area (Å²) in [7, 11) is 1.62. The van der Waals surface area contributed by atoms with Crippen LogP contribution in [0.4, 0.5) is 0 Å². The zero-order chi connectivity index (χ0) is 18.7. The highest BCUT2D eigenvalue weighted by molar-refractivity contribution is 5.92. The molecule has 2 aromatic carbocycles. The highest BCUT2D eigenvalue weighted by Crippen LogP contribution is 2.18. The highest BCUT2D eigenvalue weighted by atomic mass is 16.5. The van der Waals surface area contributed by atoms with Crippen molar-refractivity contribution < 1.29 is 9.53 Å². The van der Waals surface area contributed by atoms with Crippen LogP contribution in [0.1, 0.15) is 40.1 Å². The van der Waals surface area contributed by atoms with E-state index in [4.69, 9.17) is 4.74 Å². The van der Waals surface area contributed by atoms with Crippen LogP contribution in [0.25, 0.3) is 5.69 Å². The van der Waals surface area contributed by atoms with Crippen molar-refractivity contribution in [2.45, 2.75) is 26.8 Å². The van der Waals surface area contributed by atoms with Crippen LogP contribution in [0.15, 0.2) is 48.7 Å². The minimum absolute atomic E-state index is 0.153. The van der Waals surface area contributed by atoms with E-state index in [-0.39, 0.29) is 17.6 Å². The lowest BCUT2D eigenvalue weighted by Gasteiger charge is -2.13. The summed E-state index contributed by atoms with van der Waals surface area (Å²) in [6.07, 6.45) is 1.64. The van der Waals surface area contributed by atoms with E-state index in [9.17, 15) is 4.79 Å². The molecule has 0 unspecified atom stereocenters. The van der Waals surface area contributed by atoms with Crippen LogP contribution < -0.4 is 10.1 Å². The van der Waals surface area contributed by atoms with E-state index in [0.717, 1.165) is 22.6 Å². The second-order valence-corrected chi connectivity index (χ2v) is 6.29. The summed E-state index contributed by atoms with van der Waals surface area (Å²) in [5.41, 5.74) is 4.52. The monoisotopic (exact) mass is 350 g/mol. The molecule has 1 N–H and O–H groups in total. The molecule has 1 amide bonds. The number of hydrogen-bond donors (Lipinski definition) is 1. The molecule has 0 spiro atoms. The van der Waals surface area contributed by atoms with Crippen molar-refractivity contribution in [3.63, 3.8) is 0 Å². The molecule has 134 valence electrons. The molecule has 3 aromatic rings. The van der Waals surface area contributed by atoms with Crippen LogP contribution in [-0.2, 0) is 0 Å². The molecule has 0 fully saturated rings. The Hall–Kier alpha value is -3.15. The first-order chi connectivity index (χ1) is 12.5. The molecule has 1 atom stereocenters. The summed E-state index contributed by atoms with van der Waals surface area (Å²) in [6, 6.07) is 13.4. The van der Waals surface area contributed by atoms with Crippen molar-refractivity contribution in [2.24, 2.45) is 0 Å². The lowest BCUT2D eigenvalue weighted by Crippen LogP contribution is -2.26. The third kappa shape index (κ3) is 3.74. The number of nitrogens with one attached hydrogen (secondary N) is 1. The summed E-state index contributed by atoms with van der Waals surface area (Å²) in [5.74, 6) is 0.520. The van der Waals surface area contributed by atoms with E-state index in [1.807, 2.05) is 56.3 Å². The molecule has 6 nitrogen and oxygen atoms in total. The molecular formula is C20H22N4O2. The van der Waals surface area contributed by atoms with Crippen LogP contribution in [-0.4, -0.2) is 28.0 Å². The van der Waals surface area contributed by atoms with Crippen molar-refractivity contribution in [1.82, 2.24) is 20.3 Å². The van der Waals surface area contributed by atoms with E-state index >= 15 is 0 Å².